The number of nitrogens with zero attached hydrogens (tertiary/aromatic N) is 1. The maximum atomic E-state index is 9.29. The van der Waals surface area contributed by atoms with Crippen LogP contribution in [0, 0.1) is 0 Å². The second-order valence-corrected chi connectivity index (χ2v) is 5.02. The molecule has 0 aromatic heterocycles. The fourth-order valence-corrected chi connectivity index (χ4v) is 3.02. The molecule has 2 fully saturated rings. The first-order valence-corrected chi connectivity index (χ1v) is 5.27. The van der Waals surface area contributed by atoms with E-state index >= 15 is 0 Å². The molecule has 0 aliphatic carbocycles. The number of hydrogen-bond acceptors (Lipinski definition) is 4. The van der Waals surface area contributed by atoms with Gasteiger partial charge in [0.15, 0.2) is 6.35 Å². The lowest BCUT2D eigenvalue weighted by atomic mass is 9.91. The summed E-state index contributed by atoms with van der Waals surface area (Å²) in [6.45, 7) is 3.07. The van der Waals surface area contributed by atoms with E-state index in [0.29, 0.717) is 0 Å². The molecule has 2 aliphatic rings. The average Bonchev–Trinajstić information content (AvgIpc) is 2.32. The lowest BCUT2D eigenvalue weighted by Gasteiger charge is -2.37. The molecular formula is C7H14IN3O. The van der Waals surface area contributed by atoms with Crippen LogP contribution in [-0.4, -0.2) is 39.7 Å². The molecule has 3 N–H and O–H groups in total. The predicted molar refractivity (Wildman–Crippen MR) is 54.7 cm³/mol. The van der Waals surface area contributed by atoms with Crippen molar-refractivity contribution in [2.45, 2.75) is 24.7 Å². The summed E-state index contributed by atoms with van der Waals surface area (Å²) in [7, 11) is 0. The van der Waals surface area contributed by atoms with E-state index < -0.39 is 6.35 Å². The van der Waals surface area contributed by atoms with Crippen LogP contribution in [0.15, 0.2) is 0 Å². The number of aliphatic hydroxyl groups is 1. The van der Waals surface area contributed by atoms with Gasteiger partial charge in [0.25, 0.3) is 0 Å². The van der Waals surface area contributed by atoms with E-state index in [4.69, 9.17) is 0 Å². The Kier molecular flexibility index (Phi) is 2.57. The van der Waals surface area contributed by atoms with Gasteiger partial charge in [-0.05, 0) is 12.8 Å². The van der Waals surface area contributed by atoms with Gasteiger partial charge in [0.05, 0.1) is 0 Å². The van der Waals surface area contributed by atoms with E-state index in [1.54, 1.807) is 0 Å². The summed E-state index contributed by atoms with van der Waals surface area (Å²) in [6, 6.07) is 0. The Balaban J connectivity index is 2.00. The van der Waals surface area contributed by atoms with Crippen LogP contribution in [0.4, 0.5) is 0 Å². The topological polar surface area (TPSA) is 47.5 Å². The molecule has 0 radical (unpaired) electrons. The summed E-state index contributed by atoms with van der Waals surface area (Å²) < 4.78 is 2.29. The summed E-state index contributed by atoms with van der Waals surface area (Å²) in [4.78, 5) is 0. The molecule has 1 spiro atoms. The summed E-state index contributed by atoms with van der Waals surface area (Å²) in [5.41, 5.74) is 0.124. The van der Waals surface area contributed by atoms with E-state index in [2.05, 4.69) is 36.6 Å². The molecule has 2 atom stereocenters. The van der Waals surface area contributed by atoms with Gasteiger partial charge in [0.2, 0.25) is 0 Å². The van der Waals surface area contributed by atoms with Crippen LogP contribution in [-0.2, 0) is 0 Å². The van der Waals surface area contributed by atoms with Crippen molar-refractivity contribution in [3.63, 3.8) is 0 Å². The Morgan fingerprint density at radius 3 is 3.00 bits per heavy atom. The fraction of sp³-hybridized carbons (Fsp3) is 1.00. The second kappa shape index (κ2) is 3.38. The Morgan fingerprint density at radius 1 is 1.58 bits per heavy atom. The van der Waals surface area contributed by atoms with Gasteiger partial charge in [-0.15, -0.1) is 0 Å². The molecule has 0 bridgehead atoms. The first kappa shape index (κ1) is 9.14. The Morgan fingerprint density at radius 2 is 2.42 bits per heavy atom. The molecular weight excluding hydrogens is 269 g/mol. The van der Waals surface area contributed by atoms with Crippen molar-refractivity contribution >= 4 is 22.9 Å². The Hall–Kier alpha value is 0.570. The number of piperidine rings is 1. The van der Waals surface area contributed by atoms with Gasteiger partial charge in [-0.1, -0.05) is 0 Å². The lowest BCUT2D eigenvalue weighted by molar-refractivity contribution is 0.112. The van der Waals surface area contributed by atoms with Gasteiger partial charge in [0, 0.05) is 48.0 Å². The lowest BCUT2D eigenvalue weighted by Crippen LogP contribution is -2.54. The molecule has 2 rings (SSSR count). The maximum Gasteiger partial charge on any atom is 0.161 e. The van der Waals surface area contributed by atoms with Crippen LogP contribution in [0.3, 0.4) is 0 Å². The van der Waals surface area contributed by atoms with Crippen molar-refractivity contribution in [2.75, 3.05) is 19.6 Å². The third-order valence-electron chi connectivity index (χ3n) is 2.61. The second-order valence-electron chi connectivity index (χ2n) is 3.66. The molecule has 5 heteroatoms. The highest BCUT2D eigenvalue weighted by Crippen LogP contribution is 2.25. The zero-order chi connectivity index (χ0) is 8.60. The van der Waals surface area contributed by atoms with E-state index in [1.165, 1.54) is 13.0 Å². The molecule has 0 amide bonds. The number of halogens is 1. The molecule has 2 saturated heterocycles. The highest BCUT2D eigenvalue weighted by molar-refractivity contribution is 14.1. The minimum atomic E-state index is -0.507. The largest absolute Gasteiger partial charge is 0.365 e. The summed E-state index contributed by atoms with van der Waals surface area (Å²) in [6.07, 6.45) is 1.87. The maximum absolute atomic E-state index is 9.29. The van der Waals surface area contributed by atoms with E-state index in [-0.39, 0.29) is 5.54 Å². The van der Waals surface area contributed by atoms with Crippen LogP contribution < -0.4 is 10.6 Å². The third kappa shape index (κ3) is 1.74. The number of nitrogens with one attached hydrogen (secondary N) is 2. The minimum absolute atomic E-state index is 0.124. The Bertz CT molecular complexity index is 176. The van der Waals surface area contributed by atoms with Gasteiger partial charge >= 0.3 is 0 Å². The minimum Gasteiger partial charge on any atom is -0.365 e. The van der Waals surface area contributed by atoms with Crippen molar-refractivity contribution in [3.8, 4) is 0 Å². The summed E-state index contributed by atoms with van der Waals surface area (Å²) in [5.74, 6) is 0. The van der Waals surface area contributed by atoms with E-state index in [1.807, 2.05) is 0 Å². The van der Waals surface area contributed by atoms with Crippen molar-refractivity contribution in [1.82, 2.24) is 13.7 Å². The first-order chi connectivity index (χ1) is 5.70. The van der Waals surface area contributed by atoms with Crippen LogP contribution in [0.5, 0.6) is 0 Å². The number of rotatable bonds is 0. The van der Waals surface area contributed by atoms with Crippen LogP contribution in [0.2, 0.25) is 0 Å². The fourth-order valence-electron chi connectivity index (χ4n) is 2.02. The van der Waals surface area contributed by atoms with Crippen LogP contribution in [0.1, 0.15) is 12.8 Å². The van der Waals surface area contributed by atoms with Crippen molar-refractivity contribution in [3.05, 3.63) is 0 Å². The normalized spacial score (nSPS) is 44.0. The molecule has 2 heterocycles. The van der Waals surface area contributed by atoms with Crippen molar-refractivity contribution in [1.29, 1.82) is 0 Å². The van der Waals surface area contributed by atoms with Crippen LogP contribution >= 0.6 is 22.9 Å². The smallest absolute Gasteiger partial charge is 0.161 e. The van der Waals surface area contributed by atoms with E-state index in [9.17, 15) is 5.11 Å². The highest BCUT2D eigenvalue weighted by atomic mass is 127. The van der Waals surface area contributed by atoms with Crippen molar-refractivity contribution in [2.24, 2.45) is 0 Å². The SMILES string of the molecule is OC1NCC2(CCCN(I)C2)N1. The van der Waals surface area contributed by atoms with Crippen molar-refractivity contribution < 1.29 is 5.11 Å². The average molecular weight is 283 g/mol. The summed E-state index contributed by atoms with van der Waals surface area (Å²) >= 11 is 2.35. The van der Waals surface area contributed by atoms with Gasteiger partial charge < -0.3 is 5.11 Å². The molecule has 12 heavy (non-hydrogen) atoms. The molecule has 0 aromatic carbocycles. The number of aliphatic hydroxyl groups excluding tert-OH is 1. The van der Waals surface area contributed by atoms with Crippen LogP contribution in [0.25, 0.3) is 0 Å². The first-order valence-electron chi connectivity index (χ1n) is 4.30. The quantitative estimate of drug-likeness (QED) is 0.420. The van der Waals surface area contributed by atoms with Gasteiger partial charge in [-0.3, -0.25) is 10.6 Å². The molecule has 0 aromatic rings. The van der Waals surface area contributed by atoms with Gasteiger partial charge in [-0.2, -0.15) is 0 Å². The van der Waals surface area contributed by atoms with E-state index in [0.717, 1.165) is 19.5 Å². The molecule has 2 aliphatic heterocycles. The third-order valence-corrected chi connectivity index (χ3v) is 3.43. The molecule has 2 unspecified atom stereocenters. The standard InChI is InChI=1S/C7H14IN3O/c8-11-3-1-2-7(5-11)4-9-6(12)10-7/h6,9-10,12H,1-5H2. The highest BCUT2D eigenvalue weighted by Gasteiger charge is 2.40. The molecule has 70 valence electrons. The summed E-state index contributed by atoms with van der Waals surface area (Å²) in [5, 5.41) is 15.5. The van der Waals surface area contributed by atoms with Gasteiger partial charge in [0.1, 0.15) is 0 Å². The molecule has 0 saturated carbocycles. The number of hydrogen-bond donors (Lipinski definition) is 3. The van der Waals surface area contributed by atoms with Gasteiger partial charge in [-0.25, -0.2) is 3.11 Å². The monoisotopic (exact) mass is 283 g/mol. The zero-order valence-electron chi connectivity index (χ0n) is 6.89. The Labute approximate surface area is 86.2 Å². The molecule has 4 nitrogen and oxygen atoms in total. The zero-order valence-corrected chi connectivity index (χ0v) is 9.04. The predicted octanol–water partition coefficient (Wildman–Crippen LogP) is -0.360.